The third kappa shape index (κ3) is 4.10. The van der Waals surface area contributed by atoms with Crippen molar-refractivity contribution in [3.63, 3.8) is 0 Å². The average Bonchev–Trinajstić information content (AvgIpc) is 3.08. The van der Waals surface area contributed by atoms with E-state index in [9.17, 15) is 9.90 Å². The predicted octanol–water partition coefficient (Wildman–Crippen LogP) is 2.90. The minimum Gasteiger partial charge on any atom is -0.388 e. The van der Waals surface area contributed by atoms with Gasteiger partial charge >= 0.3 is 0 Å². The fourth-order valence-corrected chi connectivity index (χ4v) is 2.53. The summed E-state index contributed by atoms with van der Waals surface area (Å²) in [6.07, 6.45) is -0.187. The highest BCUT2D eigenvalue weighted by Crippen LogP contribution is 2.22. The Kier molecular flexibility index (Phi) is 5.20. The molecule has 0 fully saturated rings. The van der Waals surface area contributed by atoms with Crippen molar-refractivity contribution in [1.29, 1.82) is 0 Å². The van der Waals surface area contributed by atoms with Gasteiger partial charge in [-0.25, -0.2) is 0 Å². The lowest BCUT2D eigenvalue weighted by Gasteiger charge is -2.12. The fourth-order valence-electron chi connectivity index (χ4n) is 2.53. The second-order valence-corrected chi connectivity index (χ2v) is 5.66. The smallest absolute Gasteiger partial charge is 0.258 e. The molecule has 0 aliphatic heterocycles. The first-order valence-corrected chi connectivity index (χ1v) is 8.06. The van der Waals surface area contributed by atoms with Gasteiger partial charge in [-0.15, -0.1) is 0 Å². The first kappa shape index (κ1) is 16.9. The molecule has 1 atom stereocenters. The fraction of sp³-hybridized carbons (Fsp3) is 0.211. The van der Waals surface area contributed by atoms with E-state index in [2.05, 4.69) is 15.5 Å². The van der Waals surface area contributed by atoms with Gasteiger partial charge in [0.05, 0.1) is 17.2 Å². The molecule has 1 amide bonds. The van der Waals surface area contributed by atoms with E-state index >= 15 is 0 Å². The van der Waals surface area contributed by atoms with Gasteiger partial charge in [0.25, 0.3) is 11.8 Å². The van der Waals surface area contributed by atoms with Gasteiger partial charge in [-0.3, -0.25) is 4.79 Å². The zero-order chi connectivity index (χ0) is 17.6. The molecule has 1 heterocycles. The number of aromatic nitrogens is 2. The number of carbonyl (C=O) groups is 1. The number of aryl methyl sites for hydroxylation is 1. The lowest BCUT2D eigenvalue weighted by molar-refractivity contribution is 0.0943. The van der Waals surface area contributed by atoms with Crippen molar-refractivity contribution in [2.24, 2.45) is 0 Å². The molecule has 1 unspecified atom stereocenters. The monoisotopic (exact) mass is 337 g/mol. The molecule has 0 aliphatic rings. The number of hydrogen-bond acceptors (Lipinski definition) is 5. The highest BCUT2D eigenvalue weighted by molar-refractivity contribution is 5.99. The first-order chi connectivity index (χ1) is 12.1. The number of aliphatic hydroxyl groups is 1. The standard InChI is InChI=1S/C19H19N3O3/c1-13-21-19(25-22-13)16-10-6-5-9-15(16)18(24)20-12-11-17(23)14-7-3-2-4-8-14/h2-10,17,23H,11-12H2,1H3,(H,20,24). The van der Waals surface area contributed by atoms with Gasteiger partial charge < -0.3 is 14.9 Å². The zero-order valence-electron chi connectivity index (χ0n) is 13.8. The van der Waals surface area contributed by atoms with Crippen molar-refractivity contribution >= 4 is 5.91 Å². The van der Waals surface area contributed by atoms with E-state index in [1.807, 2.05) is 36.4 Å². The molecular weight excluding hydrogens is 318 g/mol. The summed E-state index contributed by atoms with van der Waals surface area (Å²) in [5.41, 5.74) is 1.88. The minimum atomic E-state index is -0.615. The molecule has 0 saturated heterocycles. The van der Waals surface area contributed by atoms with Crippen LogP contribution in [0.2, 0.25) is 0 Å². The lowest BCUT2D eigenvalue weighted by atomic mass is 10.1. The van der Waals surface area contributed by atoms with Gasteiger partial charge in [0, 0.05) is 6.54 Å². The number of aliphatic hydroxyl groups excluding tert-OH is 1. The van der Waals surface area contributed by atoms with Crippen LogP contribution in [0.15, 0.2) is 59.1 Å². The summed E-state index contributed by atoms with van der Waals surface area (Å²) in [6.45, 7) is 2.08. The van der Waals surface area contributed by atoms with Crippen molar-refractivity contribution in [3.8, 4) is 11.5 Å². The minimum absolute atomic E-state index is 0.244. The Morgan fingerprint density at radius 2 is 1.88 bits per heavy atom. The Bertz CT molecular complexity index is 846. The van der Waals surface area contributed by atoms with Gasteiger partial charge in [0.1, 0.15) is 0 Å². The van der Waals surface area contributed by atoms with E-state index in [4.69, 9.17) is 4.52 Å². The molecule has 0 radical (unpaired) electrons. The summed E-state index contributed by atoms with van der Waals surface area (Å²) >= 11 is 0. The third-order valence-corrected chi connectivity index (χ3v) is 3.82. The molecule has 0 bridgehead atoms. The molecule has 6 heteroatoms. The second-order valence-electron chi connectivity index (χ2n) is 5.66. The van der Waals surface area contributed by atoms with Crippen LogP contribution < -0.4 is 5.32 Å². The Balaban J connectivity index is 1.64. The van der Waals surface area contributed by atoms with Crippen molar-refractivity contribution < 1.29 is 14.4 Å². The topological polar surface area (TPSA) is 88.2 Å². The van der Waals surface area contributed by atoms with Gasteiger partial charge in [-0.1, -0.05) is 47.6 Å². The van der Waals surface area contributed by atoms with Crippen LogP contribution in [0.5, 0.6) is 0 Å². The highest BCUT2D eigenvalue weighted by atomic mass is 16.5. The number of nitrogens with one attached hydrogen (secondary N) is 1. The van der Waals surface area contributed by atoms with Crippen LogP contribution in [0.4, 0.5) is 0 Å². The van der Waals surface area contributed by atoms with Crippen molar-refractivity contribution in [2.75, 3.05) is 6.54 Å². The number of nitrogens with zero attached hydrogens (tertiary/aromatic N) is 2. The Hall–Kier alpha value is -2.99. The maximum atomic E-state index is 12.5. The SMILES string of the molecule is Cc1noc(-c2ccccc2C(=O)NCCC(O)c2ccccc2)n1. The molecule has 6 nitrogen and oxygen atoms in total. The number of hydrogen-bond donors (Lipinski definition) is 2. The van der Waals surface area contributed by atoms with E-state index in [-0.39, 0.29) is 5.91 Å². The molecule has 2 aromatic carbocycles. The summed E-state index contributed by atoms with van der Waals surface area (Å²) in [6, 6.07) is 16.4. The molecule has 25 heavy (non-hydrogen) atoms. The van der Waals surface area contributed by atoms with Crippen LogP contribution in [0.3, 0.4) is 0 Å². The van der Waals surface area contributed by atoms with E-state index in [0.717, 1.165) is 5.56 Å². The summed E-state index contributed by atoms with van der Waals surface area (Å²) in [4.78, 5) is 16.7. The van der Waals surface area contributed by atoms with Gasteiger partial charge in [0.2, 0.25) is 0 Å². The van der Waals surface area contributed by atoms with Crippen LogP contribution in [0.25, 0.3) is 11.5 Å². The van der Waals surface area contributed by atoms with E-state index in [0.29, 0.717) is 35.8 Å². The van der Waals surface area contributed by atoms with Crippen LogP contribution in [0, 0.1) is 6.92 Å². The van der Waals surface area contributed by atoms with Crippen LogP contribution in [0.1, 0.15) is 34.3 Å². The molecular formula is C19H19N3O3. The quantitative estimate of drug-likeness (QED) is 0.722. The Labute approximate surface area is 145 Å². The van der Waals surface area contributed by atoms with E-state index in [1.54, 1.807) is 25.1 Å². The molecule has 128 valence electrons. The number of benzene rings is 2. The Morgan fingerprint density at radius 1 is 1.16 bits per heavy atom. The van der Waals surface area contributed by atoms with Gasteiger partial charge in [-0.2, -0.15) is 4.98 Å². The maximum absolute atomic E-state index is 12.5. The summed E-state index contributed by atoms with van der Waals surface area (Å²) in [5, 5.41) is 16.7. The number of rotatable bonds is 6. The molecule has 0 spiro atoms. The van der Waals surface area contributed by atoms with Crippen LogP contribution in [-0.2, 0) is 0 Å². The molecule has 0 saturated carbocycles. The van der Waals surface area contributed by atoms with Crippen LogP contribution in [-0.4, -0.2) is 27.7 Å². The largest absolute Gasteiger partial charge is 0.388 e. The molecule has 0 aliphatic carbocycles. The molecule has 1 aromatic heterocycles. The summed E-state index contributed by atoms with van der Waals surface area (Å²) < 4.78 is 5.16. The lowest BCUT2D eigenvalue weighted by Crippen LogP contribution is -2.26. The first-order valence-electron chi connectivity index (χ1n) is 8.06. The van der Waals surface area contributed by atoms with Gasteiger partial charge in [-0.05, 0) is 31.0 Å². The molecule has 2 N–H and O–H groups in total. The highest BCUT2D eigenvalue weighted by Gasteiger charge is 2.17. The second kappa shape index (κ2) is 7.72. The third-order valence-electron chi connectivity index (χ3n) is 3.82. The van der Waals surface area contributed by atoms with Crippen LogP contribution >= 0.6 is 0 Å². The number of carbonyl (C=O) groups excluding carboxylic acids is 1. The average molecular weight is 337 g/mol. The van der Waals surface area contributed by atoms with Gasteiger partial charge in [0.15, 0.2) is 5.82 Å². The van der Waals surface area contributed by atoms with Crippen molar-refractivity contribution in [2.45, 2.75) is 19.4 Å². The summed E-state index contributed by atoms with van der Waals surface area (Å²) in [7, 11) is 0. The molecule has 3 aromatic rings. The molecule has 3 rings (SSSR count). The van der Waals surface area contributed by atoms with Crippen molar-refractivity contribution in [3.05, 3.63) is 71.5 Å². The maximum Gasteiger partial charge on any atom is 0.258 e. The van der Waals surface area contributed by atoms with E-state index in [1.165, 1.54) is 0 Å². The normalized spacial score (nSPS) is 11.9. The predicted molar refractivity (Wildman–Crippen MR) is 92.8 cm³/mol. The Morgan fingerprint density at radius 3 is 2.60 bits per heavy atom. The van der Waals surface area contributed by atoms with Crippen molar-refractivity contribution in [1.82, 2.24) is 15.5 Å². The zero-order valence-corrected chi connectivity index (χ0v) is 13.8. The summed E-state index contributed by atoms with van der Waals surface area (Å²) in [5.74, 6) is 0.579. The number of amides is 1. The van der Waals surface area contributed by atoms with E-state index < -0.39 is 6.10 Å².